The first-order chi connectivity index (χ1) is 17.0. The maximum Gasteiger partial charge on any atom is 0.270 e. The third-order valence-corrected chi connectivity index (χ3v) is 6.18. The second-order valence-electron chi connectivity index (χ2n) is 8.39. The van der Waals surface area contributed by atoms with Gasteiger partial charge in [-0.15, -0.1) is 0 Å². The highest BCUT2D eigenvalue weighted by atomic mass is 16.5. The topological polar surface area (TPSA) is 65.4 Å². The van der Waals surface area contributed by atoms with Crippen LogP contribution in [0.15, 0.2) is 72.8 Å². The highest BCUT2D eigenvalue weighted by molar-refractivity contribution is 6.00. The normalized spacial score (nSPS) is 11.7. The van der Waals surface area contributed by atoms with E-state index in [0.717, 1.165) is 39.6 Å². The van der Waals surface area contributed by atoms with E-state index in [2.05, 4.69) is 5.32 Å². The lowest BCUT2D eigenvalue weighted by molar-refractivity contribution is 0.0931. The Morgan fingerprint density at radius 2 is 1.63 bits per heavy atom. The van der Waals surface area contributed by atoms with Crippen LogP contribution >= 0.6 is 0 Å². The second kappa shape index (κ2) is 10.5. The van der Waals surface area contributed by atoms with Gasteiger partial charge in [-0.2, -0.15) is 0 Å². The number of aryl methyl sites for hydroxylation is 1. The first kappa shape index (κ1) is 24.1. The Kier molecular flexibility index (Phi) is 7.20. The largest absolute Gasteiger partial charge is 0.497 e. The predicted molar refractivity (Wildman–Crippen MR) is 139 cm³/mol. The summed E-state index contributed by atoms with van der Waals surface area (Å²) in [6, 6.07) is 23.3. The molecule has 0 aliphatic rings. The van der Waals surface area contributed by atoms with Gasteiger partial charge in [-0.25, -0.2) is 4.98 Å². The van der Waals surface area contributed by atoms with E-state index in [4.69, 9.17) is 14.5 Å². The van der Waals surface area contributed by atoms with Crippen molar-refractivity contribution in [3.05, 3.63) is 89.6 Å². The standard InChI is InChI=1S/C29H31N3O3/c1-6-32-27(29(33)30-20(3)21-12-14-23(34-4)15-13-21)26(25-17-16-24(35-5)18-19(25)2)31-28(32)22-10-8-7-9-11-22/h7-18,20H,6H2,1-5H3,(H,30,33)/t20-/m0/s1. The molecule has 6 nitrogen and oxygen atoms in total. The number of nitrogens with zero attached hydrogens (tertiary/aromatic N) is 2. The summed E-state index contributed by atoms with van der Waals surface area (Å²) in [7, 11) is 3.28. The van der Waals surface area contributed by atoms with Crippen molar-refractivity contribution in [3.8, 4) is 34.1 Å². The zero-order valence-corrected chi connectivity index (χ0v) is 20.8. The minimum atomic E-state index is -0.196. The third-order valence-electron chi connectivity index (χ3n) is 6.18. The van der Waals surface area contributed by atoms with Crippen LogP contribution < -0.4 is 14.8 Å². The van der Waals surface area contributed by atoms with Crippen molar-refractivity contribution in [2.45, 2.75) is 33.4 Å². The zero-order valence-electron chi connectivity index (χ0n) is 20.8. The maximum atomic E-state index is 13.8. The predicted octanol–water partition coefficient (Wildman–Crippen LogP) is 6.05. The van der Waals surface area contributed by atoms with Crippen LogP contribution in [-0.4, -0.2) is 29.7 Å². The van der Waals surface area contributed by atoms with Gasteiger partial charge < -0.3 is 19.4 Å². The van der Waals surface area contributed by atoms with Crippen molar-refractivity contribution >= 4 is 5.91 Å². The molecule has 35 heavy (non-hydrogen) atoms. The molecule has 0 fully saturated rings. The van der Waals surface area contributed by atoms with Crippen LogP contribution in [0.25, 0.3) is 22.6 Å². The number of carbonyl (C=O) groups is 1. The number of nitrogens with one attached hydrogen (secondary N) is 1. The van der Waals surface area contributed by atoms with Crippen LogP contribution in [0.4, 0.5) is 0 Å². The molecule has 0 radical (unpaired) electrons. The summed E-state index contributed by atoms with van der Waals surface area (Å²) >= 11 is 0. The van der Waals surface area contributed by atoms with Gasteiger partial charge in [0.05, 0.1) is 20.3 Å². The average Bonchev–Trinajstić information content (AvgIpc) is 3.28. The molecule has 0 saturated carbocycles. The van der Waals surface area contributed by atoms with E-state index in [-0.39, 0.29) is 11.9 Å². The van der Waals surface area contributed by atoms with Crippen LogP contribution in [0.1, 0.15) is 41.5 Å². The van der Waals surface area contributed by atoms with Gasteiger partial charge in [-0.3, -0.25) is 4.79 Å². The lowest BCUT2D eigenvalue weighted by Crippen LogP contribution is -2.29. The number of ether oxygens (including phenoxy) is 2. The fourth-order valence-electron chi connectivity index (χ4n) is 4.26. The first-order valence-electron chi connectivity index (χ1n) is 11.7. The van der Waals surface area contributed by atoms with E-state index < -0.39 is 0 Å². The first-order valence-corrected chi connectivity index (χ1v) is 11.7. The molecule has 1 atom stereocenters. The second-order valence-corrected chi connectivity index (χ2v) is 8.39. The molecule has 4 rings (SSSR count). The van der Waals surface area contributed by atoms with E-state index in [9.17, 15) is 4.79 Å². The number of hydrogen-bond donors (Lipinski definition) is 1. The highest BCUT2D eigenvalue weighted by Crippen LogP contribution is 2.33. The number of hydrogen-bond acceptors (Lipinski definition) is 4. The summed E-state index contributed by atoms with van der Waals surface area (Å²) in [5, 5.41) is 3.18. The van der Waals surface area contributed by atoms with Crippen molar-refractivity contribution in [1.29, 1.82) is 0 Å². The Labute approximate surface area is 206 Å². The molecule has 1 amide bonds. The van der Waals surface area contributed by atoms with Gasteiger partial charge in [0, 0.05) is 17.7 Å². The molecule has 0 aliphatic carbocycles. The van der Waals surface area contributed by atoms with Crippen LogP contribution in [0, 0.1) is 6.92 Å². The van der Waals surface area contributed by atoms with Gasteiger partial charge >= 0.3 is 0 Å². The summed E-state index contributed by atoms with van der Waals surface area (Å²) in [6.45, 7) is 6.62. The summed E-state index contributed by atoms with van der Waals surface area (Å²) in [5.74, 6) is 2.14. The van der Waals surface area contributed by atoms with Gasteiger partial charge in [0.15, 0.2) is 0 Å². The summed E-state index contributed by atoms with van der Waals surface area (Å²) in [6.07, 6.45) is 0. The summed E-state index contributed by atoms with van der Waals surface area (Å²) in [5.41, 5.74) is 5.04. The molecule has 4 aromatic rings. The SMILES string of the molecule is CCn1c(-c2ccccc2)nc(-c2ccc(OC)cc2C)c1C(=O)N[C@@H](C)c1ccc(OC)cc1. The maximum absolute atomic E-state index is 13.8. The monoisotopic (exact) mass is 469 g/mol. The molecule has 1 aromatic heterocycles. The van der Waals surface area contributed by atoms with E-state index >= 15 is 0 Å². The van der Waals surface area contributed by atoms with Crippen LogP contribution in [0.3, 0.4) is 0 Å². The van der Waals surface area contributed by atoms with Crippen molar-refractivity contribution in [3.63, 3.8) is 0 Å². The third kappa shape index (κ3) is 4.92. The molecular formula is C29H31N3O3. The van der Waals surface area contributed by atoms with Crippen molar-refractivity contribution in [1.82, 2.24) is 14.9 Å². The Morgan fingerprint density at radius 3 is 2.23 bits per heavy atom. The lowest BCUT2D eigenvalue weighted by Gasteiger charge is -2.17. The van der Waals surface area contributed by atoms with E-state index in [1.54, 1.807) is 14.2 Å². The number of benzene rings is 3. The van der Waals surface area contributed by atoms with Crippen LogP contribution in [0.2, 0.25) is 0 Å². The fourth-order valence-corrected chi connectivity index (χ4v) is 4.26. The Bertz CT molecular complexity index is 1310. The molecule has 0 spiro atoms. The van der Waals surface area contributed by atoms with E-state index in [1.165, 1.54) is 0 Å². The Hall–Kier alpha value is -4.06. The Morgan fingerprint density at radius 1 is 0.971 bits per heavy atom. The fraction of sp³-hybridized carbons (Fsp3) is 0.241. The van der Waals surface area contributed by atoms with Crippen molar-refractivity contribution in [2.24, 2.45) is 0 Å². The summed E-state index contributed by atoms with van der Waals surface area (Å²) in [4.78, 5) is 18.8. The van der Waals surface area contributed by atoms with Gasteiger partial charge in [0.25, 0.3) is 5.91 Å². The zero-order chi connectivity index (χ0) is 24.9. The number of rotatable bonds is 8. The number of aromatic nitrogens is 2. The molecule has 180 valence electrons. The minimum absolute atomic E-state index is 0.171. The van der Waals surface area contributed by atoms with Crippen molar-refractivity contribution in [2.75, 3.05) is 14.2 Å². The van der Waals surface area contributed by atoms with Gasteiger partial charge in [0.2, 0.25) is 0 Å². The minimum Gasteiger partial charge on any atom is -0.497 e. The molecule has 1 N–H and O–H groups in total. The number of carbonyl (C=O) groups excluding carboxylic acids is 1. The van der Waals surface area contributed by atoms with E-state index in [1.807, 2.05) is 98.1 Å². The van der Waals surface area contributed by atoms with Gasteiger partial charge in [0.1, 0.15) is 28.7 Å². The molecule has 0 bridgehead atoms. The van der Waals surface area contributed by atoms with Crippen LogP contribution in [-0.2, 0) is 6.54 Å². The van der Waals surface area contributed by atoms with Gasteiger partial charge in [-0.05, 0) is 62.2 Å². The molecule has 0 unspecified atom stereocenters. The van der Waals surface area contributed by atoms with E-state index in [0.29, 0.717) is 17.9 Å². The highest BCUT2D eigenvalue weighted by Gasteiger charge is 2.26. The van der Waals surface area contributed by atoms with Gasteiger partial charge in [-0.1, -0.05) is 42.5 Å². The molecule has 6 heteroatoms. The number of amides is 1. The summed E-state index contributed by atoms with van der Waals surface area (Å²) < 4.78 is 12.6. The molecular weight excluding hydrogens is 438 g/mol. The average molecular weight is 470 g/mol. The molecule has 1 heterocycles. The molecule has 0 saturated heterocycles. The van der Waals surface area contributed by atoms with Crippen molar-refractivity contribution < 1.29 is 14.3 Å². The quantitative estimate of drug-likeness (QED) is 0.341. The molecule has 3 aromatic carbocycles. The lowest BCUT2D eigenvalue weighted by atomic mass is 10.0. The number of imidazole rings is 1. The number of methoxy groups -OCH3 is 2. The Balaban J connectivity index is 1.80. The van der Waals surface area contributed by atoms with Crippen LogP contribution in [0.5, 0.6) is 11.5 Å². The molecule has 0 aliphatic heterocycles. The smallest absolute Gasteiger partial charge is 0.270 e.